The molecule has 0 saturated carbocycles. The van der Waals surface area contributed by atoms with Crippen molar-refractivity contribution in [2.24, 2.45) is 15.9 Å². The van der Waals surface area contributed by atoms with Crippen LogP contribution in [0.2, 0.25) is 0 Å². The van der Waals surface area contributed by atoms with Crippen molar-refractivity contribution in [1.29, 1.82) is 4.78 Å². The minimum atomic E-state index is -3.17. The van der Waals surface area contributed by atoms with Crippen molar-refractivity contribution >= 4 is 22.1 Å². The third kappa shape index (κ3) is 6.34. The van der Waals surface area contributed by atoms with Crippen LogP contribution in [0.3, 0.4) is 0 Å². The maximum atomic E-state index is 12.1. The van der Waals surface area contributed by atoms with E-state index in [1.807, 2.05) is 26.8 Å². The highest BCUT2D eigenvalue weighted by molar-refractivity contribution is 7.95. The summed E-state index contributed by atoms with van der Waals surface area (Å²) in [5, 5.41) is 0. The van der Waals surface area contributed by atoms with Crippen LogP contribution in [0.25, 0.3) is 0 Å². The zero-order valence-electron chi connectivity index (χ0n) is 11.4. The normalized spacial score (nSPS) is 16.4. The van der Waals surface area contributed by atoms with Gasteiger partial charge in [-0.05, 0) is 18.4 Å². The maximum Gasteiger partial charge on any atom is 0.230 e. The summed E-state index contributed by atoms with van der Waals surface area (Å²) < 4.78 is 22.3. The van der Waals surface area contributed by atoms with Gasteiger partial charge in [0.15, 0.2) is 9.92 Å². The summed E-state index contributed by atoms with van der Waals surface area (Å²) in [7, 11) is -1.65. The van der Waals surface area contributed by atoms with Gasteiger partial charge in [0, 0.05) is 13.3 Å². The molecule has 5 nitrogen and oxygen atoms in total. The molecule has 102 valence electrons. The lowest BCUT2D eigenvalue weighted by Gasteiger charge is -2.09. The van der Waals surface area contributed by atoms with Gasteiger partial charge in [-0.1, -0.05) is 33.4 Å². The smallest absolute Gasteiger partial charge is 0.230 e. The number of nitrogens with zero attached hydrogens (tertiary/aromatic N) is 2. The largest absolute Gasteiger partial charge is 0.264 e. The molecule has 0 aromatic heterocycles. The molecule has 0 aliphatic rings. The lowest BCUT2D eigenvalue weighted by molar-refractivity contribution is 0.677. The highest BCUT2D eigenvalue weighted by Crippen LogP contribution is 2.07. The van der Waals surface area contributed by atoms with Crippen LogP contribution in [0, 0.1) is 10.7 Å². The topological polar surface area (TPSA) is 77.7 Å². The van der Waals surface area contributed by atoms with E-state index < -0.39 is 9.92 Å². The first-order valence-corrected chi connectivity index (χ1v) is 7.32. The molecule has 0 aromatic rings. The lowest BCUT2D eigenvalue weighted by Crippen LogP contribution is -2.28. The number of aliphatic imine (C=N–C) groups is 2. The Hall–Kier alpha value is -1.43. The Morgan fingerprint density at radius 1 is 1.56 bits per heavy atom. The number of guanidine groups is 1. The van der Waals surface area contributed by atoms with Crippen LogP contribution in [0.5, 0.6) is 0 Å². The molecule has 0 heterocycles. The van der Waals surface area contributed by atoms with E-state index in [1.165, 1.54) is 7.05 Å². The van der Waals surface area contributed by atoms with E-state index in [-0.39, 0.29) is 10.9 Å². The number of hydrogen-bond acceptors (Lipinski definition) is 3. The van der Waals surface area contributed by atoms with Crippen molar-refractivity contribution in [3.8, 4) is 0 Å². The molecule has 6 heteroatoms. The van der Waals surface area contributed by atoms with E-state index in [0.717, 1.165) is 6.42 Å². The average molecular weight is 270 g/mol. The van der Waals surface area contributed by atoms with Gasteiger partial charge in [-0.25, -0.2) is 14.0 Å². The molecule has 2 N–H and O–H groups in total. The molecule has 1 atom stereocenters. The Morgan fingerprint density at radius 3 is 2.61 bits per heavy atom. The standard InChI is InChI=1S/C12H22N4OS/c1-6-9-15-12(14-5)16-18(13,17)11(4)8-7-10(2)3/h7-10H,4,6H2,1-3,5H3,(H2,13,14,16,17)/b8-7-,15-9-. The van der Waals surface area contributed by atoms with Crippen molar-refractivity contribution in [3.63, 3.8) is 0 Å². The highest BCUT2D eigenvalue weighted by Gasteiger charge is 2.10. The third-order valence-electron chi connectivity index (χ3n) is 1.88. The first-order valence-electron chi connectivity index (χ1n) is 5.76. The third-order valence-corrected chi connectivity index (χ3v) is 3.22. The predicted molar refractivity (Wildman–Crippen MR) is 79.3 cm³/mol. The molecule has 0 aliphatic carbocycles. The monoisotopic (exact) mass is 270 g/mol. The summed E-state index contributed by atoms with van der Waals surface area (Å²) in [5.41, 5.74) is 0. The molecule has 0 radical (unpaired) electrons. The molecule has 18 heavy (non-hydrogen) atoms. The Labute approximate surface area is 110 Å². The predicted octanol–water partition coefficient (Wildman–Crippen LogP) is 2.73. The molecule has 0 rings (SSSR count). The summed E-state index contributed by atoms with van der Waals surface area (Å²) in [6.07, 6.45) is 5.83. The minimum absolute atomic E-state index is 0.177. The van der Waals surface area contributed by atoms with E-state index in [9.17, 15) is 4.21 Å². The van der Waals surface area contributed by atoms with Crippen molar-refractivity contribution < 1.29 is 4.21 Å². The first-order chi connectivity index (χ1) is 8.33. The van der Waals surface area contributed by atoms with Gasteiger partial charge < -0.3 is 0 Å². The Kier molecular flexibility index (Phi) is 7.19. The van der Waals surface area contributed by atoms with Gasteiger partial charge in [-0.3, -0.25) is 9.71 Å². The van der Waals surface area contributed by atoms with Crippen LogP contribution in [0.1, 0.15) is 27.2 Å². The SMILES string of the molecule is C=C(/C=C\C(C)C)S(=N)(=O)NC(=NC)/N=C\CC. The summed E-state index contributed by atoms with van der Waals surface area (Å²) in [5.74, 6) is 0.491. The summed E-state index contributed by atoms with van der Waals surface area (Å²) >= 11 is 0. The van der Waals surface area contributed by atoms with Gasteiger partial charge in [0.1, 0.15) is 0 Å². The lowest BCUT2D eigenvalue weighted by atomic mass is 10.2. The van der Waals surface area contributed by atoms with Gasteiger partial charge in [0.25, 0.3) is 0 Å². The summed E-state index contributed by atoms with van der Waals surface area (Å²) in [4.78, 5) is 8.02. The van der Waals surface area contributed by atoms with E-state index in [1.54, 1.807) is 12.3 Å². The minimum Gasteiger partial charge on any atom is -0.264 e. The first kappa shape index (κ1) is 16.6. The number of allylic oxidation sites excluding steroid dienone is 2. The van der Waals surface area contributed by atoms with Crippen molar-refractivity contribution in [3.05, 3.63) is 23.6 Å². The molecular weight excluding hydrogens is 248 g/mol. The fourth-order valence-electron chi connectivity index (χ4n) is 0.897. The number of nitrogens with one attached hydrogen (secondary N) is 2. The van der Waals surface area contributed by atoms with Crippen LogP contribution >= 0.6 is 0 Å². The van der Waals surface area contributed by atoms with Crippen LogP contribution in [0.4, 0.5) is 0 Å². The van der Waals surface area contributed by atoms with Crippen LogP contribution in [0.15, 0.2) is 33.6 Å². The molecule has 0 aliphatic heterocycles. The summed E-state index contributed by atoms with van der Waals surface area (Å²) in [6, 6.07) is 0. The highest BCUT2D eigenvalue weighted by atomic mass is 32.2. The van der Waals surface area contributed by atoms with Gasteiger partial charge in [-0.2, -0.15) is 0 Å². The fraction of sp³-hybridized carbons (Fsp3) is 0.500. The molecular formula is C12H22N4OS. The molecule has 1 unspecified atom stereocenters. The second-order valence-electron chi connectivity index (χ2n) is 3.99. The van der Waals surface area contributed by atoms with Crippen molar-refractivity contribution in [1.82, 2.24) is 4.72 Å². The fourth-order valence-corrected chi connectivity index (χ4v) is 1.70. The van der Waals surface area contributed by atoms with E-state index in [4.69, 9.17) is 4.78 Å². The number of hydrogen-bond donors (Lipinski definition) is 2. The van der Waals surface area contributed by atoms with Crippen molar-refractivity contribution in [2.45, 2.75) is 27.2 Å². The second kappa shape index (κ2) is 7.81. The van der Waals surface area contributed by atoms with Crippen LogP contribution in [-0.4, -0.2) is 23.4 Å². The van der Waals surface area contributed by atoms with Gasteiger partial charge in [0.2, 0.25) is 5.96 Å². The molecule has 0 aromatic carbocycles. The quantitative estimate of drug-likeness (QED) is 0.450. The van der Waals surface area contributed by atoms with Gasteiger partial charge in [-0.15, -0.1) is 0 Å². The Bertz CT molecular complexity index is 458. The van der Waals surface area contributed by atoms with Crippen molar-refractivity contribution in [2.75, 3.05) is 7.05 Å². The summed E-state index contributed by atoms with van der Waals surface area (Å²) in [6.45, 7) is 9.56. The van der Waals surface area contributed by atoms with E-state index in [0.29, 0.717) is 5.92 Å². The van der Waals surface area contributed by atoms with Crippen LogP contribution in [-0.2, 0) is 9.92 Å². The van der Waals surface area contributed by atoms with E-state index in [2.05, 4.69) is 21.3 Å². The Morgan fingerprint density at radius 2 is 2.17 bits per heavy atom. The van der Waals surface area contributed by atoms with Crippen LogP contribution < -0.4 is 4.72 Å². The molecule has 0 spiro atoms. The number of rotatable bonds is 5. The van der Waals surface area contributed by atoms with Gasteiger partial charge in [0.05, 0.1) is 4.91 Å². The zero-order chi connectivity index (χ0) is 14.2. The average Bonchev–Trinajstić information content (AvgIpc) is 2.30. The molecule has 0 fully saturated rings. The molecule has 0 bridgehead atoms. The maximum absolute atomic E-state index is 12.1. The zero-order valence-corrected chi connectivity index (χ0v) is 12.3. The van der Waals surface area contributed by atoms with Gasteiger partial charge >= 0.3 is 0 Å². The molecule has 0 saturated heterocycles. The Balaban J connectivity index is 4.85. The van der Waals surface area contributed by atoms with E-state index >= 15 is 0 Å². The second-order valence-corrected chi connectivity index (χ2v) is 5.84. The molecule has 0 amide bonds.